The van der Waals surface area contributed by atoms with Crippen LogP contribution < -0.4 is 10.5 Å². The zero-order valence-electron chi connectivity index (χ0n) is 10.3. The Morgan fingerprint density at radius 2 is 1.85 bits per heavy atom. The Morgan fingerprint density at radius 3 is 2.65 bits per heavy atom. The van der Waals surface area contributed by atoms with Gasteiger partial charge in [-0.15, -0.1) is 0 Å². The Kier molecular flexibility index (Phi) is 2.95. The molecular weight excluding hydrogens is 262 g/mol. The molecule has 0 saturated heterocycles. The van der Waals surface area contributed by atoms with Crippen LogP contribution in [0.1, 0.15) is 0 Å². The fraction of sp³-hybridized carbons (Fsp3) is 0. The summed E-state index contributed by atoms with van der Waals surface area (Å²) in [5.74, 6) is -1.00. The third kappa shape index (κ3) is 2.14. The summed E-state index contributed by atoms with van der Waals surface area (Å²) in [5.41, 5.74) is 6.22. The van der Waals surface area contributed by atoms with Crippen molar-refractivity contribution in [2.75, 3.05) is 5.73 Å². The van der Waals surface area contributed by atoms with Crippen LogP contribution >= 0.6 is 0 Å². The van der Waals surface area contributed by atoms with Crippen LogP contribution in [-0.2, 0) is 0 Å². The molecule has 0 aliphatic rings. The van der Waals surface area contributed by atoms with E-state index in [0.717, 1.165) is 6.07 Å². The van der Waals surface area contributed by atoms with E-state index in [9.17, 15) is 8.78 Å². The molecule has 2 aromatic carbocycles. The molecule has 0 amide bonds. The standard InChI is InChI=1S/C15H10F2N2O/c16-11-6-5-9-7-10(8-19-15(9)14(11)17)20-13-4-2-1-3-12(13)18/h1-8H,18H2. The summed E-state index contributed by atoms with van der Waals surface area (Å²) in [5, 5.41) is 0.455. The van der Waals surface area contributed by atoms with Crippen molar-refractivity contribution in [3.05, 3.63) is 60.3 Å². The van der Waals surface area contributed by atoms with Crippen LogP contribution in [0.2, 0.25) is 0 Å². The van der Waals surface area contributed by atoms with Crippen LogP contribution in [0.25, 0.3) is 10.9 Å². The zero-order chi connectivity index (χ0) is 14.1. The fourth-order valence-corrected chi connectivity index (χ4v) is 1.88. The minimum absolute atomic E-state index is 0.0293. The van der Waals surface area contributed by atoms with Crippen LogP contribution in [0.5, 0.6) is 11.5 Å². The maximum Gasteiger partial charge on any atom is 0.184 e. The molecule has 0 bridgehead atoms. The number of nitrogens with two attached hydrogens (primary N) is 1. The SMILES string of the molecule is Nc1ccccc1Oc1cnc2c(F)c(F)ccc2c1. The predicted octanol–water partition coefficient (Wildman–Crippen LogP) is 3.89. The van der Waals surface area contributed by atoms with Gasteiger partial charge in [0.2, 0.25) is 0 Å². The number of nitrogens with zero attached hydrogens (tertiary/aromatic N) is 1. The van der Waals surface area contributed by atoms with Crippen LogP contribution in [0, 0.1) is 11.6 Å². The van der Waals surface area contributed by atoms with Crippen LogP contribution in [-0.4, -0.2) is 4.98 Å². The Hall–Kier alpha value is -2.69. The van der Waals surface area contributed by atoms with Crippen LogP contribution in [0.4, 0.5) is 14.5 Å². The van der Waals surface area contributed by atoms with Gasteiger partial charge in [-0.25, -0.2) is 13.8 Å². The number of benzene rings is 2. The summed E-state index contributed by atoms with van der Waals surface area (Å²) in [4.78, 5) is 3.89. The highest BCUT2D eigenvalue weighted by molar-refractivity contribution is 5.80. The second kappa shape index (κ2) is 4.77. The van der Waals surface area contributed by atoms with E-state index < -0.39 is 11.6 Å². The third-order valence-corrected chi connectivity index (χ3v) is 2.87. The van der Waals surface area contributed by atoms with Crippen molar-refractivity contribution in [2.24, 2.45) is 0 Å². The number of anilines is 1. The molecule has 0 unspecified atom stereocenters. The molecule has 0 saturated carbocycles. The Morgan fingerprint density at radius 1 is 1.05 bits per heavy atom. The number of fused-ring (bicyclic) bond motifs is 1. The first-order valence-corrected chi connectivity index (χ1v) is 5.91. The molecule has 3 rings (SSSR count). The number of halogens is 2. The van der Waals surface area contributed by atoms with Gasteiger partial charge in [0.05, 0.1) is 11.9 Å². The van der Waals surface area contributed by atoms with E-state index >= 15 is 0 Å². The van der Waals surface area contributed by atoms with Crippen molar-refractivity contribution in [3.8, 4) is 11.5 Å². The minimum atomic E-state index is -0.965. The monoisotopic (exact) mass is 272 g/mol. The predicted molar refractivity (Wildman–Crippen MR) is 72.6 cm³/mol. The van der Waals surface area contributed by atoms with Gasteiger partial charge in [-0.1, -0.05) is 12.1 Å². The van der Waals surface area contributed by atoms with E-state index in [1.807, 2.05) is 0 Å². The Bertz CT molecular complexity index is 790. The average molecular weight is 272 g/mol. The van der Waals surface area contributed by atoms with Gasteiger partial charge in [-0.2, -0.15) is 0 Å². The van der Waals surface area contributed by atoms with Crippen LogP contribution in [0.15, 0.2) is 48.7 Å². The van der Waals surface area contributed by atoms with Gasteiger partial charge in [0.15, 0.2) is 11.6 Å². The lowest BCUT2D eigenvalue weighted by molar-refractivity contribution is 0.483. The van der Waals surface area contributed by atoms with Gasteiger partial charge in [0.1, 0.15) is 17.0 Å². The second-order valence-corrected chi connectivity index (χ2v) is 4.24. The van der Waals surface area contributed by atoms with E-state index in [-0.39, 0.29) is 5.52 Å². The second-order valence-electron chi connectivity index (χ2n) is 4.24. The summed E-state index contributed by atoms with van der Waals surface area (Å²) in [6.07, 6.45) is 1.33. The van der Waals surface area contributed by atoms with Gasteiger partial charge in [0.25, 0.3) is 0 Å². The lowest BCUT2D eigenvalue weighted by Crippen LogP contribution is -1.93. The molecule has 5 heteroatoms. The topological polar surface area (TPSA) is 48.1 Å². The smallest absolute Gasteiger partial charge is 0.184 e. The molecule has 0 fully saturated rings. The average Bonchev–Trinajstić information content (AvgIpc) is 2.46. The number of hydrogen-bond acceptors (Lipinski definition) is 3. The molecule has 100 valence electrons. The molecule has 1 heterocycles. The number of rotatable bonds is 2. The molecule has 0 atom stereocenters. The van der Waals surface area contributed by atoms with Crippen molar-refractivity contribution in [2.45, 2.75) is 0 Å². The molecule has 2 N–H and O–H groups in total. The molecule has 3 nitrogen and oxygen atoms in total. The fourth-order valence-electron chi connectivity index (χ4n) is 1.88. The van der Waals surface area contributed by atoms with Crippen molar-refractivity contribution >= 4 is 16.6 Å². The van der Waals surface area contributed by atoms with Gasteiger partial charge < -0.3 is 10.5 Å². The summed E-state index contributed by atoms with van der Waals surface area (Å²) >= 11 is 0. The molecule has 0 spiro atoms. The quantitative estimate of drug-likeness (QED) is 0.720. The maximum absolute atomic E-state index is 13.5. The highest BCUT2D eigenvalue weighted by Gasteiger charge is 2.10. The first-order chi connectivity index (χ1) is 9.65. The van der Waals surface area contributed by atoms with Crippen molar-refractivity contribution in [3.63, 3.8) is 0 Å². The van der Waals surface area contributed by atoms with Crippen molar-refractivity contribution in [1.82, 2.24) is 4.98 Å². The lowest BCUT2D eigenvalue weighted by Gasteiger charge is -2.08. The summed E-state index contributed by atoms with van der Waals surface area (Å²) in [7, 11) is 0. The highest BCUT2D eigenvalue weighted by Crippen LogP contribution is 2.29. The van der Waals surface area contributed by atoms with Gasteiger partial charge in [0, 0.05) is 5.39 Å². The number of para-hydroxylation sites is 2. The van der Waals surface area contributed by atoms with E-state index in [1.54, 1.807) is 30.3 Å². The van der Waals surface area contributed by atoms with Gasteiger partial charge in [-0.05, 0) is 30.3 Å². The summed E-state index contributed by atoms with van der Waals surface area (Å²) in [6.45, 7) is 0. The van der Waals surface area contributed by atoms with E-state index in [4.69, 9.17) is 10.5 Å². The molecule has 0 radical (unpaired) electrons. The van der Waals surface area contributed by atoms with E-state index in [2.05, 4.69) is 4.98 Å². The van der Waals surface area contributed by atoms with Crippen LogP contribution in [0.3, 0.4) is 0 Å². The summed E-state index contributed by atoms with van der Waals surface area (Å²) < 4.78 is 32.2. The Labute approximate surface area is 113 Å². The molecule has 0 aliphatic heterocycles. The third-order valence-electron chi connectivity index (χ3n) is 2.87. The minimum Gasteiger partial charge on any atom is -0.454 e. The molecule has 3 aromatic rings. The van der Waals surface area contributed by atoms with Gasteiger partial charge >= 0.3 is 0 Å². The zero-order valence-corrected chi connectivity index (χ0v) is 10.3. The highest BCUT2D eigenvalue weighted by atomic mass is 19.2. The van der Waals surface area contributed by atoms with Gasteiger partial charge in [-0.3, -0.25) is 0 Å². The maximum atomic E-state index is 13.5. The molecular formula is C15H10F2N2O. The number of pyridine rings is 1. The van der Waals surface area contributed by atoms with Crippen molar-refractivity contribution in [1.29, 1.82) is 0 Å². The first kappa shape index (κ1) is 12.3. The number of ether oxygens (including phenoxy) is 1. The van der Waals surface area contributed by atoms with Crippen molar-refractivity contribution < 1.29 is 13.5 Å². The summed E-state index contributed by atoms with van der Waals surface area (Å²) in [6, 6.07) is 11.1. The molecule has 0 aliphatic carbocycles. The van der Waals surface area contributed by atoms with E-state index in [0.29, 0.717) is 22.6 Å². The van der Waals surface area contributed by atoms with E-state index in [1.165, 1.54) is 12.3 Å². The molecule has 20 heavy (non-hydrogen) atoms. The Balaban J connectivity index is 2.02. The first-order valence-electron chi connectivity index (χ1n) is 5.91. The largest absolute Gasteiger partial charge is 0.454 e. The number of hydrogen-bond donors (Lipinski definition) is 1. The molecule has 1 aromatic heterocycles. The number of aromatic nitrogens is 1. The normalized spacial score (nSPS) is 10.7. The number of nitrogen functional groups attached to an aromatic ring is 1. The lowest BCUT2D eigenvalue weighted by atomic mass is 10.2.